The van der Waals surface area contributed by atoms with Gasteiger partial charge in [-0.3, -0.25) is 9.80 Å². The Morgan fingerprint density at radius 1 is 1.05 bits per heavy atom. The van der Waals surface area contributed by atoms with E-state index in [1.54, 1.807) is 0 Å². The van der Waals surface area contributed by atoms with Gasteiger partial charge in [-0.2, -0.15) is 0 Å². The molecule has 0 aromatic heterocycles. The minimum atomic E-state index is 0.371. The Labute approximate surface area is 117 Å². The highest BCUT2D eigenvalue weighted by atomic mass is 15.3. The second-order valence-corrected chi connectivity index (χ2v) is 5.77. The van der Waals surface area contributed by atoms with Crippen molar-refractivity contribution >= 4 is 0 Å². The first-order chi connectivity index (χ1) is 9.13. The molecule has 0 bridgehead atoms. The number of piperazine rings is 1. The Hall–Kier alpha value is -0.900. The van der Waals surface area contributed by atoms with Crippen molar-refractivity contribution in [3.63, 3.8) is 0 Å². The zero-order valence-electron chi connectivity index (χ0n) is 12.5. The van der Waals surface area contributed by atoms with E-state index in [-0.39, 0.29) is 0 Å². The summed E-state index contributed by atoms with van der Waals surface area (Å²) < 4.78 is 0. The van der Waals surface area contributed by atoms with Crippen molar-refractivity contribution < 1.29 is 0 Å². The molecule has 3 heteroatoms. The van der Waals surface area contributed by atoms with Gasteiger partial charge in [0.05, 0.1) is 0 Å². The Morgan fingerprint density at radius 2 is 1.63 bits per heavy atom. The number of aryl methyl sites for hydroxylation is 1. The lowest BCUT2D eigenvalue weighted by Gasteiger charge is -2.41. The minimum Gasteiger partial charge on any atom is -0.329 e. The molecule has 0 spiro atoms. The first-order valence-corrected chi connectivity index (χ1v) is 7.37. The van der Waals surface area contributed by atoms with E-state index in [0.29, 0.717) is 18.6 Å². The van der Waals surface area contributed by atoms with E-state index in [1.165, 1.54) is 11.1 Å². The molecule has 0 saturated carbocycles. The molecule has 1 aliphatic rings. The molecule has 106 valence electrons. The highest BCUT2D eigenvalue weighted by Crippen LogP contribution is 2.24. The van der Waals surface area contributed by atoms with Gasteiger partial charge < -0.3 is 5.73 Å². The molecule has 1 fully saturated rings. The lowest BCUT2D eigenvalue weighted by molar-refractivity contribution is 0.0800. The zero-order chi connectivity index (χ0) is 13.8. The molecule has 2 rings (SSSR count). The quantitative estimate of drug-likeness (QED) is 0.900. The fraction of sp³-hybridized carbons (Fsp3) is 0.625. The highest BCUT2D eigenvalue weighted by molar-refractivity contribution is 5.29. The van der Waals surface area contributed by atoms with Crippen LogP contribution in [-0.2, 0) is 0 Å². The Morgan fingerprint density at radius 3 is 2.16 bits per heavy atom. The summed E-state index contributed by atoms with van der Waals surface area (Å²) in [6.45, 7) is 12.0. The lowest BCUT2D eigenvalue weighted by atomic mass is 9.99. The molecule has 1 heterocycles. The molecule has 2 N–H and O–H groups in total. The van der Waals surface area contributed by atoms with E-state index in [1.807, 2.05) is 0 Å². The van der Waals surface area contributed by atoms with Crippen molar-refractivity contribution in [3.8, 4) is 0 Å². The van der Waals surface area contributed by atoms with E-state index < -0.39 is 0 Å². The van der Waals surface area contributed by atoms with Gasteiger partial charge in [-0.1, -0.05) is 24.3 Å². The van der Waals surface area contributed by atoms with Crippen LogP contribution in [0.4, 0.5) is 0 Å². The van der Waals surface area contributed by atoms with E-state index in [9.17, 15) is 0 Å². The van der Waals surface area contributed by atoms with Crippen LogP contribution in [0.15, 0.2) is 24.3 Å². The van der Waals surface area contributed by atoms with Crippen LogP contribution in [0.2, 0.25) is 0 Å². The number of benzene rings is 1. The van der Waals surface area contributed by atoms with Crippen molar-refractivity contribution in [2.45, 2.75) is 32.9 Å². The fourth-order valence-electron chi connectivity index (χ4n) is 3.00. The smallest absolute Gasteiger partial charge is 0.0474 e. The van der Waals surface area contributed by atoms with Crippen molar-refractivity contribution in [2.75, 3.05) is 32.7 Å². The predicted octanol–water partition coefficient (Wildman–Crippen LogP) is 2.02. The summed E-state index contributed by atoms with van der Waals surface area (Å²) in [5, 5.41) is 0. The third kappa shape index (κ3) is 3.35. The molecule has 19 heavy (non-hydrogen) atoms. The van der Waals surface area contributed by atoms with Crippen LogP contribution < -0.4 is 5.73 Å². The second-order valence-electron chi connectivity index (χ2n) is 5.77. The van der Waals surface area contributed by atoms with Gasteiger partial charge in [0.2, 0.25) is 0 Å². The maximum absolute atomic E-state index is 6.04. The third-order valence-electron chi connectivity index (χ3n) is 4.29. The van der Waals surface area contributed by atoms with Crippen molar-refractivity contribution in [1.82, 2.24) is 9.80 Å². The molecule has 1 atom stereocenters. The number of hydrogen-bond acceptors (Lipinski definition) is 3. The van der Waals surface area contributed by atoms with Gasteiger partial charge in [0.15, 0.2) is 0 Å². The Kier molecular flexibility index (Phi) is 4.97. The van der Waals surface area contributed by atoms with Crippen LogP contribution in [0, 0.1) is 6.92 Å². The highest BCUT2D eigenvalue weighted by Gasteiger charge is 2.25. The Bertz CT molecular complexity index is 395. The number of hydrogen-bond donors (Lipinski definition) is 1. The molecule has 1 aromatic rings. The first kappa shape index (κ1) is 14.5. The molecule has 1 unspecified atom stereocenters. The van der Waals surface area contributed by atoms with Gasteiger partial charge in [-0.15, -0.1) is 0 Å². The minimum absolute atomic E-state index is 0.371. The van der Waals surface area contributed by atoms with Gasteiger partial charge in [-0.05, 0) is 31.9 Å². The first-order valence-electron chi connectivity index (χ1n) is 7.37. The average molecular weight is 261 g/mol. The summed E-state index contributed by atoms with van der Waals surface area (Å²) >= 11 is 0. The maximum Gasteiger partial charge on any atom is 0.0474 e. The van der Waals surface area contributed by atoms with Gasteiger partial charge in [0.1, 0.15) is 0 Å². The number of nitrogens with two attached hydrogens (primary N) is 1. The summed E-state index contributed by atoms with van der Waals surface area (Å²) in [6.07, 6.45) is 0. The molecule has 0 radical (unpaired) electrons. The van der Waals surface area contributed by atoms with Gasteiger partial charge >= 0.3 is 0 Å². The van der Waals surface area contributed by atoms with Crippen molar-refractivity contribution in [2.24, 2.45) is 5.73 Å². The largest absolute Gasteiger partial charge is 0.329 e. The molecule has 1 saturated heterocycles. The zero-order valence-corrected chi connectivity index (χ0v) is 12.5. The van der Waals surface area contributed by atoms with E-state index in [0.717, 1.165) is 26.2 Å². The molecule has 1 aliphatic heterocycles. The fourth-order valence-corrected chi connectivity index (χ4v) is 3.00. The maximum atomic E-state index is 6.04. The summed E-state index contributed by atoms with van der Waals surface area (Å²) in [5.74, 6) is 0. The van der Waals surface area contributed by atoms with Crippen LogP contribution in [0.25, 0.3) is 0 Å². The molecule has 0 amide bonds. The summed E-state index contributed by atoms with van der Waals surface area (Å²) in [6, 6.07) is 9.65. The molecular weight excluding hydrogens is 234 g/mol. The van der Waals surface area contributed by atoms with Crippen molar-refractivity contribution in [3.05, 3.63) is 35.4 Å². The SMILES string of the molecule is Cc1ccccc1C(CN)N1CCN(C(C)C)CC1. The standard InChI is InChI=1S/C16H27N3/c1-13(2)18-8-10-19(11-9-18)16(12-17)15-7-5-4-6-14(15)3/h4-7,13,16H,8-12,17H2,1-3H3. The van der Waals surface area contributed by atoms with Gasteiger partial charge in [0.25, 0.3) is 0 Å². The van der Waals surface area contributed by atoms with E-state index in [4.69, 9.17) is 5.73 Å². The number of nitrogens with zero attached hydrogens (tertiary/aromatic N) is 2. The molecule has 3 nitrogen and oxygen atoms in total. The average Bonchev–Trinajstić information content (AvgIpc) is 2.42. The van der Waals surface area contributed by atoms with Gasteiger partial charge in [-0.25, -0.2) is 0 Å². The van der Waals surface area contributed by atoms with Crippen LogP contribution in [0.1, 0.15) is 31.0 Å². The second kappa shape index (κ2) is 6.51. The predicted molar refractivity (Wildman–Crippen MR) is 81.3 cm³/mol. The third-order valence-corrected chi connectivity index (χ3v) is 4.29. The van der Waals surface area contributed by atoms with E-state index >= 15 is 0 Å². The molecule has 1 aromatic carbocycles. The molecular formula is C16H27N3. The normalized spacial score (nSPS) is 19.8. The molecule has 0 aliphatic carbocycles. The summed E-state index contributed by atoms with van der Waals surface area (Å²) in [4.78, 5) is 5.09. The van der Waals surface area contributed by atoms with Crippen molar-refractivity contribution in [1.29, 1.82) is 0 Å². The van der Waals surface area contributed by atoms with Crippen LogP contribution in [-0.4, -0.2) is 48.6 Å². The van der Waals surface area contributed by atoms with Gasteiger partial charge in [0, 0.05) is 44.8 Å². The van der Waals surface area contributed by atoms with Crippen LogP contribution in [0.3, 0.4) is 0 Å². The summed E-state index contributed by atoms with van der Waals surface area (Å²) in [7, 11) is 0. The summed E-state index contributed by atoms with van der Waals surface area (Å²) in [5.41, 5.74) is 8.79. The van der Waals surface area contributed by atoms with E-state index in [2.05, 4.69) is 54.8 Å². The van der Waals surface area contributed by atoms with Crippen LogP contribution >= 0.6 is 0 Å². The Balaban J connectivity index is 2.06. The van der Waals surface area contributed by atoms with Crippen LogP contribution in [0.5, 0.6) is 0 Å². The monoisotopic (exact) mass is 261 g/mol. The lowest BCUT2D eigenvalue weighted by Crippen LogP contribution is -2.51. The topological polar surface area (TPSA) is 32.5 Å². The number of rotatable bonds is 4.